The summed E-state index contributed by atoms with van der Waals surface area (Å²) >= 11 is 1.19. The Kier molecular flexibility index (Phi) is 4.37. The molecule has 1 aromatic carbocycles. The molecule has 1 N–H and O–H groups in total. The van der Waals surface area contributed by atoms with Crippen molar-refractivity contribution in [3.05, 3.63) is 28.8 Å². The summed E-state index contributed by atoms with van der Waals surface area (Å²) in [6.45, 7) is 5.53. The molecule has 2 rings (SSSR count). The Morgan fingerprint density at radius 1 is 1.29 bits per heavy atom. The minimum Gasteiger partial charge on any atom is -0.478 e. The third-order valence-corrected chi connectivity index (χ3v) is 4.68. The zero-order valence-corrected chi connectivity index (χ0v) is 13.0. The number of carbonyl (C=O) groups excluding carboxylic acids is 2. The van der Waals surface area contributed by atoms with Crippen LogP contribution >= 0.6 is 11.8 Å². The molecule has 1 amide bonds. The number of amides is 1. The fraction of sp³-hybridized carbons (Fsp3) is 0.400. The number of anilines is 1. The van der Waals surface area contributed by atoms with Gasteiger partial charge in [0.25, 0.3) is 0 Å². The van der Waals surface area contributed by atoms with E-state index in [0.29, 0.717) is 18.5 Å². The van der Waals surface area contributed by atoms with E-state index in [-0.39, 0.29) is 21.8 Å². The van der Waals surface area contributed by atoms with Crippen LogP contribution in [-0.2, 0) is 9.59 Å². The molecule has 0 bridgehead atoms. The third-order valence-electron chi connectivity index (χ3n) is 3.70. The van der Waals surface area contributed by atoms with E-state index in [4.69, 9.17) is 5.11 Å². The largest absolute Gasteiger partial charge is 0.478 e. The minimum absolute atomic E-state index is 0.00350. The number of benzene rings is 1. The number of nitrogens with zero attached hydrogens (tertiary/aromatic N) is 1. The average molecular weight is 307 g/mol. The van der Waals surface area contributed by atoms with Crippen molar-refractivity contribution in [1.82, 2.24) is 0 Å². The van der Waals surface area contributed by atoms with E-state index < -0.39 is 5.97 Å². The third kappa shape index (κ3) is 3.10. The summed E-state index contributed by atoms with van der Waals surface area (Å²) in [5.74, 6) is -1.00. The molecule has 0 spiro atoms. The second-order valence-electron chi connectivity index (χ2n) is 5.13. The van der Waals surface area contributed by atoms with Crippen LogP contribution in [0.1, 0.15) is 34.8 Å². The normalized spacial score (nSPS) is 18.1. The molecule has 1 atom stereocenters. The van der Waals surface area contributed by atoms with Crippen LogP contribution in [0.3, 0.4) is 0 Å². The topological polar surface area (TPSA) is 74.7 Å². The van der Waals surface area contributed by atoms with Gasteiger partial charge in [-0.2, -0.15) is 0 Å². The minimum atomic E-state index is -0.972. The Morgan fingerprint density at radius 2 is 1.95 bits per heavy atom. The maximum atomic E-state index is 12.1. The average Bonchev–Trinajstić information content (AvgIpc) is 2.72. The van der Waals surface area contributed by atoms with Gasteiger partial charge in [0.05, 0.1) is 5.56 Å². The summed E-state index contributed by atoms with van der Waals surface area (Å²) in [6, 6.07) is 3.20. The molecule has 1 aromatic rings. The number of hydrogen-bond acceptors (Lipinski definition) is 4. The van der Waals surface area contributed by atoms with Gasteiger partial charge < -0.3 is 10.0 Å². The maximum Gasteiger partial charge on any atom is 0.335 e. The van der Waals surface area contributed by atoms with Gasteiger partial charge in [0.2, 0.25) is 5.91 Å². The van der Waals surface area contributed by atoms with E-state index in [1.807, 2.05) is 6.92 Å². The highest BCUT2D eigenvalue weighted by atomic mass is 32.2. The second-order valence-corrected chi connectivity index (χ2v) is 6.60. The first-order valence-electron chi connectivity index (χ1n) is 6.62. The number of carboxylic acid groups (broad SMARTS) is 1. The molecule has 0 saturated carbocycles. The first kappa shape index (κ1) is 15.6. The van der Waals surface area contributed by atoms with Gasteiger partial charge in [0.1, 0.15) is 0 Å². The standard InChI is InChI=1S/C15H17NO4S/c1-8-9(2)13(5-4-12(8)15(19)20)16-7-11(6-14(16)18)21-10(3)17/h4-5,11H,6-7H2,1-3H3,(H,19,20). The van der Waals surface area contributed by atoms with E-state index in [0.717, 1.165) is 11.3 Å². The Balaban J connectivity index is 2.31. The number of hydrogen-bond donors (Lipinski definition) is 1. The lowest BCUT2D eigenvalue weighted by molar-refractivity contribution is -0.117. The molecule has 0 radical (unpaired) electrons. The van der Waals surface area contributed by atoms with E-state index in [1.54, 1.807) is 17.9 Å². The number of aromatic carboxylic acids is 1. The summed E-state index contributed by atoms with van der Waals surface area (Å²) < 4.78 is 0. The predicted octanol–water partition coefficient (Wildman–Crippen LogP) is 2.39. The van der Waals surface area contributed by atoms with Crippen LogP contribution in [0, 0.1) is 13.8 Å². The quantitative estimate of drug-likeness (QED) is 0.928. The van der Waals surface area contributed by atoms with E-state index in [9.17, 15) is 14.4 Å². The predicted molar refractivity (Wildman–Crippen MR) is 81.9 cm³/mol. The van der Waals surface area contributed by atoms with Crippen LogP contribution in [-0.4, -0.2) is 33.9 Å². The van der Waals surface area contributed by atoms with Crippen molar-refractivity contribution in [2.75, 3.05) is 11.4 Å². The van der Waals surface area contributed by atoms with Gasteiger partial charge in [-0.05, 0) is 37.1 Å². The van der Waals surface area contributed by atoms with Crippen molar-refractivity contribution in [2.45, 2.75) is 32.4 Å². The lowest BCUT2D eigenvalue weighted by Crippen LogP contribution is -2.26. The highest BCUT2D eigenvalue weighted by Gasteiger charge is 2.33. The summed E-state index contributed by atoms with van der Waals surface area (Å²) in [7, 11) is 0. The summed E-state index contributed by atoms with van der Waals surface area (Å²) in [5.41, 5.74) is 2.43. The van der Waals surface area contributed by atoms with Crippen LogP contribution in [0.15, 0.2) is 12.1 Å². The Hall–Kier alpha value is -1.82. The second kappa shape index (κ2) is 5.89. The lowest BCUT2D eigenvalue weighted by atomic mass is 10.0. The van der Waals surface area contributed by atoms with Crippen molar-refractivity contribution in [1.29, 1.82) is 0 Å². The fourth-order valence-corrected chi connectivity index (χ4v) is 3.47. The van der Waals surface area contributed by atoms with Gasteiger partial charge >= 0.3 is 5.97 Å². The van der Waals surface area contributed by atoms with E-state index in [1.165, 1.54) is 24.8 Å². The van der Waals surface area contributed by atoms with Crippen molar-refractivity contribution >= 4 is 34.4 Å². The van der Waals surface area contributed by atoms with Gasteiger partial charge in [-0.3, -0.25) is 9.59 Å². The van der Waals surface area contributed by atoms with Crippen molar-refractivity contribution in [3.8, 4) is 0 Å². The zero-order valence-electron chi connectivity index (χ0n) is 12.2. The molecule has 5 nitrogen and oxygen atoms in total. The zero-order chi connectivity index (χ0) is 15.7. The molecule has 1 fully saturated rings. The van der Waals surface area contributed by atoms with Gasteiger partial charge in [0.15, 0.2) is 5.12 Å². The van der Waals surface area contributed by atoms with Crippen LogP contribution in [0.25, 0.3) is 0 Å². The van der Waals surface area contributed by atoms with E-state index >= 15 is 0 Å². The van der Waals surface area contributed by atoms with Crippen LogP contribution < -0.4 is 4.90 Å². The molecule has 0 aromatic heterocycles. The fourth-order valence-electron chi connectivity index (χ4n) is 2.55. The van der Waals surface area contributed by atoms with Crippen LogP contribution in [0.4, 0.5) is 5.69 Å². The first-order valence-corrected chi connectivity index (χ1v) is 7.50. The Morgan fingerprint density at radius 3 is 2.52 bits per heavy atom. The number of carboxylic acids is 1. The summed E-state index contributed by atoms with van der Waals surface area (Å²) in [6.07, 6.45) is 0.337. The number of carbonyl (C=O) groups is 3. The first-order chi connectivity index (χ1) is 9.81. The molecular formula is C15H17NO4S. The monoisotopic (exact) mass is 307 g/mol. The molecule has 21 heavy (non-hydrogen) atoms. The van der Waals surface area contributed by atoms with E-state index in [2.05, 4.69) is 0 Å². The molecule has 1 aliphatic rings. The van der Waals surface area contributed by atoms with Crippen molar-refractivity contribution in [3.63, 3.8) is 0 Å². The Bertz CT molecular complexity index is 626. The van der Waals surface area contributed by atoms with Crippen molar-refractivity contribution < 1.29 is 19.5 Å². The highest BCUT2D eigenvalue weighted by Crippen LogP contribution is 2.32. The van der Waals surface area contributed by atoms with Crippen molar-refractivity contribution in [2.24, 2.45) is 0 Å². The highest BCUT2D eigenvalue weighted by molar-refractivity contribution is 8.14. The molecule has 1 heterocycles. The van der Waals surface area contributed by atoms with Crippen LogP contribution in [0.2, 0.25) is 0 Å². The smallest absolute Gasteiger partial charge is 0.335 e. The SMILES string of the molecule is CC(=O)SC1CC(=O)N(c2ccc(C(=O)O)c(C)c2C)C1. The van der Waals surface area contributed by atoms with Gasteiger partial charge in [0, 0.05) is 30.8 Å². The molecule has 6 heteroatoms. The number of thioether (sulfide) groups is 1. The van der Waals surface area contributed by atoms with Gasteiger partial charge in [-0.1, -0.05) is 11.8 Å². The van der Waals surface area contributed by atoms with Crippen LogP contribution in [0.5, 0.6) is 0 Å². The molecule has 112 valence electrons. The maximum absolute atomic E-state index is 12.1. The molecule has 1 aliphatic heterocycles. The summed E-state index contributed by atoms with van der Waals surface area (Å²) in [5, 5.41) is 9.09. The molecule has 1 saturated heterocycles. The lowest BCUT2D eigenvalue weighted by Gasteiger charge is -2.21. The molecular weight excluding hydrogens is 290 g/mol. The number of rotatable bonds is 3. The molecule has 0 aliphatic carbocycles. The Labute approximate surface area is 127 Å². The molecule has 1 unspecified atom stereocenters. The summed E-state index contributed by atoms with van der Waals surface area (Å²) in [4.78, 5) is 36.1. The van der Waals surface area contributed by atoms with Gasteiger partial charge in [-0.15, -0.1) is 0 Å². The van der Waals surface area contributed by atoms with Gasteiger partial charge in [-0.25, -0.2) is 4.79 Å².